The van der Waals surface area contributed by atoms with Crippen LogP contribution >= 0.6 is 0 Å². The third-order valence-electron chi connectivity index (χ3n) is 4.22. The Kier molecular flexibility index (Phi) is 5.71. The Morgan fingerprint density at radius 2 is 1.74 bits per heavy atom. The predicted molar refractivity (Wildman–Crippen MR) is 106 cm³/mol. The largest absolute Gasteiger partial charge is 0.497 e. The molecule has 1 amide bonds. The highest BCUT2D eigenvalue weighted by Crippen LogP contribution is 2.24. The molecule has 5 heteroatoms. The Balaban J connectivity index is 1.87. The van der Waals surface area contributed by atoms with Crippen molar-refractivity contribution in [2.45, 2.75) is 13.0 Å². The number of nitrogens with one attached hydrogen (secondary N) is 2. The van der Waals surface area contributed by atoms with Gasteiger partial charge in [-0.15, -0.1) is 0 Å². The molecule has 3 aromatic carbocycles. The van der Waals surface area contributed by atoms with Crippen LogP contribution in [0, 0.1) is 12.7 Å². The highest BCUT2D eigenvalue weighted by molar-refractivity contribution is 5.97. The van der Waals surface area contributed by atoms with Crippen molar-refractivity contribution in [1.29, 1.82) is 0 Å². The molecule has 0 saturated heterocycles. The summed E-state index contributed by atoms with van der Waals surface area (Å²) < 4.78 is 19.1. The average Bonchev–Trinajstić information content (AvgIpc) is 2.69. The second kappa shape index (κ2) is 8.36. The summed E-state index contributed by atoms with van der Waals surface area (Å²) in [5, 5.41) is 6.01. The number of anilines is 2. The fourth-order valence-electron chi connectivity index (χ4n) is 2.71. The summed E-state index contributed by atoms with van der Waals surface area (Å²) in [7, 11) is 1.57. The SMILES string of the molecule is COc1cccc(NC(=O)[C@H](Nc2ccc(C)c(F)c2)c2ccccc2)c1. The maximum Gasteiger partial charge on any atom is 0.251 e. The predicted octanol–water partition coefficient (Wildman–Crippen LogP) is 4.93. The fourth-order valence-corrected chi connectivity index (χ4v) is 2.71. The van der Waals surface area contributed by atoms with Crippen molar-refractivity contribution < 1.29 is 13.9 Å². The van der Waals surface area contributed by atoms with Gasteiger partial charge in [0.15, 0.2) is 0 Å². The average molecular weight is 364 g/mol. The Bertz CT molecular complexity index is 929. The van der Waals surface area contributed by atoms with E-state index < -0.39 is 6.04 Å². The Labute approximate surface area is 158 Å². The molecular weight excluding hydrogens is 343 g/mol. The molecule has 0 unspecified atom stereocenters. The second-order valence-electron chi connectivity index (χ2n) is 6.17. The van der Waals surface area contributed by atoms with Crippen LogP contribution in [0.4, 0.5) is 15.8 Å². The molecule has 0 radical (unpaired) electrons. The van der Waals surface area contributed by atoms with Gasteiger partial charge in [0.05, 0.1) is 7.11 Å². The number of carbonyl (C=O) groups excluding carboxylic acids is 1. The Hall–Kier alpha value is -3.34. The number of hydrogen-bond donors (Lipinski definition) is 2. The van der Waals surface area contributed by atoms with Gasteiger partial charge in [0.2, 0.25) is 0 Å². The first kappa shape index (κ1) is 18.5. The minimum absolute atomic E-state index is 0.254. The topological polar surface area (TPSA) is 50.4 Å². The normalized spacial score (nSPS) is 11.5. The van der Waals surface area contributed by atoms with E-state index in [2.05, 4.69) is 10.6 Å². The maximum atomic E-state index is 13.9. The molecule has 0 fully saturated rings. The zero-order chi connectivity index (χ0) is 19.2. The Morgan fingerprint density at radius 1 is 0.963 bits per heavy atom. The van der Waals surface area contributed by atoms with Crippen LogP contribution in [0.2, 0.25) is 0 Å². The van der Waals surface area contributed by atoms with Gasteiger partial charge in [0, 0.05) is 17.4 Å². The molecule has 0 aliphatic rings. The lowest BCUT2D eigenvalue weighted by Crippen LogP contribution is -2.27. The van der Waals surface area contributed by atoms with E-state index in [0.717, 1.165) is 5.56 Å². The van der Waals surface area contributed by atoms with E-state index in [1.165, 1.54) is 6.07 Å². The van der Waals surface area contributed by atoms with E-state index >= 15 is 0 Å². The molecule has 27 heavy (non-hydrogen) atoms. The molecule has 4 nitrogen and oxygen atoms in total. The molecule has 0 aliphatic carbocycles. The number of rotatable bonds is 6. The van der Waals surface area contributed by atoms with Crippen molar-refractivity contribution in [3.8, 4) is 5.75 Å². The minimum atomic E-state index is -0.681. The summed E-state index contributed by atoms with van der Waals surface area (Å²) in [6.45, 7) is 1.70. The van der Waals surface area contributed by atoms with E-state index in [-0.39, 0.29) is 11.7 Å². The van der Waals surface area contributed by atoms with Crippen LogP contribution in [0.1, 0.15) is 17.2 Å². The highest BCUT2D eigenvalue weighted by Gasteiger charge is 2.21. The van der Waals surface area contributed by atoms with Gasteiger partial charge in [-0.25, -0.2) is 4.39 Å². The summed E-state index contributed by atoms with van der Waals surface area (Å²) in [6, 6.07) is 20.6. The van der Waals surface area contributed by atoms with Crippen LogP contribution < -0.4 is 15.4 Å². The number of ether oxygens (including phenoxy) is 1. The molecule has 3 rings (SSSR count). The standard InChI is InChI=1S/C22H21FN2O2/c1-15-11-12-18(14-20(15)23)24-21(16-7-4-3-5-8-16)22(26)25-17-9-6-10-19(13-17)27-2/h3-14,21,24H,1-2H3,(H,25,26)/t21-/m1/s1. The van der Waals surface area contributed by atoms with Crippen molar-refractivity contribution >= 4 is 17.3 Å². The fraction of sp³-hybridized carbons (Fsp3) is 0.136. The second-order valence-corrected chi connectivity index (χ2v) is 6.17. The summed E-state index contributed by atoms with van der Waals surface area (Å²) >= 11 is 0. The summed E-state index contributed by atoms with van der Waals surface area (Å²) in [4.78, 5) is 13.0. The number of amides is 1. The third-order valence-corrected chi connectivity index (χ3v) is 4.22. The van der Waals surface area contributed by atoms with E-state index in [0.29, 0.717) is 22.7 Å². The molecule has 0 bridgehead atoms. The van der Waals surface area contributed by atoms with Crippen LogP contribution in [0.15, 0.2) is 72.8 Å². The van der Waals surface area contributed by atoms with E-state index in [1.807, 2.05) is 30.3 Å². The lowest BCUT2D eigenvalue weighted by molar-refractivity contribution is -0.117. The van der Waals surface area contributed by atoms with Crippen molar-refractivity contribution in [2.75, 3.05) is 17.7 Å². The number of benzene rings is 3. The molecular formula is C22H21FN2O2. The summed E-state index contributed by atoms with van der Waals surface area (Å²) in [5.74, 6) is 0.0769. The first-order valence-corrected chi connectivity index (χ1v) is 8.59. The van der Waals surface area contributed by atoms with Gasteiger partial charge in [-0.1, -0.05) is 42.5 Å². The molecule has 0 saturated carbocycles. The lowest BCUT2D eigenvalue weighted by atomic mass is 10.1. The van der Waals surface area contributed by atoms with Gasteiger partial charge in [-0.3, -0.25) is 4.79 Å². The van der Waals surface area contributed by atoms with Crippen LogP contribution in [-0.4, -0.2) is 13.0 Å². The van der Waals surface area contributed by atoms with E-state index in [1.54, 1.807) is 50.4 Å². The molecule has 0 aromatic heterocycles. The van der Waals surface area contributed by atoms with Gasteiger partial charge in [-0.05, 0) is 42.3 Å². The number of methoxy groups -OCH3 is 1. The van der Waals surface area contributed by atoms with Crippen LogP contribution in [0.25, 0.3) is 0 Å². The van der Waals surface area contributed by atoms with E-state index in [9.17, 15) is 9.18 Å². The monoisotopic (exact) mass is 364 g/mol. The molecule has 3 aromatic rings. The molecule has 0 spiro atoms. The number of aryl methyl sites for hydroxylation is 1. The van der Waals surface area contributed by atoms with Gasteiger partial charge in [0.1, 0.15) is 17.6 Å². The maximum absolute atomic E-state index is 13.9. The molecule has 2 N–H and O–H groups in total. The van der Waals surface area contributed by atoms with Gasteiger partial charge in [-0.2, -0.15) is 0 Å². The van der Waals surface area contributed by atoms with E-state index in [4.69, 9.17) is 4.74 Å². The van der Waals surface area contributed by atoms with Crippen molar-refractivity contribution in [3.63, 3.8) is 0 Å². The molecule has 1 atom stereocenters. The zero-order valence-electron chi connectivity index (χ0n) is 15.2. The number of hydrogen-bond acceptors (Lipinski definition) is 3. The highest BCUT2D eigenvalue weighted by atomic mass is 19.1. The van der Waals surface area contributed by atoms with Crippen LogP contribution in [0.5, 0.6) is 5.75 Å². The number of halogens is 1. The smallest absolute Gasteiger partial charge is 0.251 e. The van der Waals surface area contributed by atoms with Gasteiger partial charge >= 0.3 is 0 Å². The first-order valence-electron chi connectivity index (χ1n) is 8.59. The van der Waals surface area contributed by atoms with Crippen LogP contribution in [0.3, 0.4) is 0 Å². The Morgan fingerprint density at radius 3 is 2.44 bits per heavy atom. The molecule has 0 heterocycles. The quantitative estimate of drug-likeness (QED) is 0.652. The third kappa shape index (κ3) is 4.64. The molecule has 138 valence electrons. The number of carbonyl (C=O) groups is 1. The van der Waals surface area contributed by atoms with Crippen LogP contribution in [-0.2, 0) is 4.79 Å². The summed E-state index contributed by atoms with van der Waals surface area (Å²) in [5.41, 5.74) is 2.49. The molecule has 0 aliphatic heterocycles. The van der Waals surface area contributed by atoms with Crippen molar-refractivity contribution in [3.05, 3.63) is 89.7 Å². The minimum Gasteiger partial charge on any atom is -0.497 e. The zero-order valence-corrected chi connectivity index (χ0v) is 15.2. The van der Waals surface area contributed by atoms with Crippen molar-refractivity contribution in [2.24, 2.45) is 0 Å². The lowest BCUT2D eigenvalue weighted by Gasteiger charge is -2.20. The first-order chi connectivity index (χ1) is 13.1. The van der Waals surface area contributed by atoms with Gasteiger partial charge in [0.25, 0.3) is 5.91 Å². The summed E-state index contributed by atoms with van der Waals surface area (Å²) in [6.07, 6.45) is 0. The van der Waals surface area contributed by atoms with Gasteiger partial charge < -0.3 is 15.4 Å². The van der Waals surface area contributed by atoms with Crippen molar-refractivity contribution in [1.82, 2.24) is 0 Å².